The summed E-state index contributed by atoms with van der Waals surface area (Å²) in [6.07, 6.45) is 19.7. The van der Waals surface area contributed by atoms with Gasteiger partial charge in [-0.15, -0.1) is 0 Å². The summed E-state index contributed by atoms with van der Waals surface area (Å²) in [6, 6.07) is 0. The van der Waals surface area contributed by atoms with Crippen LogP contribution < -0.4 is 0 Å². The zero-order valence-electron chi connectivity index (χ0n) is 22.1. The van der Waals surface area contributed by atoms with Crippen LogP contribution in [-0.2, 0) is 23.8 Å². The minimum atomic E-state index is -0.888. The minimum absolute atomic E-state index is 0.0405. The van der Waals surface area contributed by atoms with Gasteiger partial charge in [-0.2, -0.15) is 0 Å². The van der Waals surface area contributed by atoms with Crippen LogP contribution in [0.25, 0.3) is 0 Å². The van der Waals surface area contributed by atoms with Gasteiger partial charge in [0.15, 0.2) is 0 Å². The molecule has 0 amide bonds. The Kier molecular flexibility index (Phi) is 18.3. The maximum Gasteiger partial charge on any atom is 0.308 e. The van der Waals surface area contributed by atoms with Gasteiger partial charge < -0.3 is 19.3 Å². The zero-order chi connectivity index (χ0) is 24.9. The van der Waals surface area contributed by atoms with Crippen LogP contribution in [0.3, 0.4) is 0 Å². The predicted octanol–water partition coefficient (Wildman–Crippen LogP) is 6.65. The number of unbranched alkanes of at least 4 members (excludes halogenated alkanes) is 13. The van der Waals surface area contributed by atoms with Crippen molar-refractivity contribution < 1.29 is 28.9 Å². The second-order valence-corrected chi connectivity index (χ2v) is 10.1. The Balaban J connectivity index is 2.04. The van der Waals surface area contributed by atoms with Gasteiger partial charge >= 0.3 is 11.9 Å². The van der Waals surface area contributed by atoms with Crippen LogP contribution in [0.15, 0.2) is 0 Å². The summed E-state index contributed by atoms with van der Waals surface area (Å²) < 4.78 is 16.7. The lowest BCUT2D eigenvalue weighted by Crippen LogP contribution is -2.40. The molecule has 0 bridgehead atoms. The zero-order valence-corrected chi connectivity index (χ0v) is 22.1. The van der Waals surface area contributed by atoms with Gasteiger partial charge in [-0.1, -0.05) is 97.3 Å². The molecule has 0 radical (unpaired) electrons. The minimum Gasteiger partial charge on any atom is -0.466 e. The monoisotopic (exact) mass is 484 g/mol. The smallest absolute Gasteiger partial charge is 0.308 e. The SMILES string of the molecule is CCCCCCCCCCCCCCOC(=O)C[C@H]1CC[C@@](CO)(COC(=O)CCCCC)O1. The number of hydrogen-bond donors (Lipinski definition) is 1. The van der Waals surface area contributed by atoms with Crippen molar-refractivity contribution >= 4 is 11.9 Å². The molecular weight excluding hydrogens is 432 g/mol. The third kappa shape index (κ3) is 15.0. The summed E-state index contributed by atoms with van der Waals surface area (Å²) in [6.45, 7) is 4.62. The van der Waals surface area contributed by atoms with E-state index in [9.17, 15) is 14.7 Å². The number of esters is 2. The summed E-state index contributed by atoms with van der Waals surface area (Å²) in [5.41, 5.74) is -0.888. The second-order valence-electron chi connectivity index (χ2n) is 10.1. The van der Waals surface area contributed by atoms with E-state index in [0.717, 1.165) is 32.1 Å². The van der Waals surface area contributed by atoms with Crippen molar-refractivity contribution in [2.75, 3.05) is 19.8 Å². The topological polar surface area (TPSA) is 82.1 Å². The Labute approximate surface area is 208 Å². The highest BCUT2D eigenvalue weighted by Gasteiger charge is 2.41. The highest BCUT2D eigenvalue weighted by molar-refractivity contribution is 5.70. The Morgan fingerprint density at radius 1 is 0.794 bits per heavy atom. The molecule has 0 aromatic carbocycles. The third-order valence-electron chi connectivity index (χ3n) is 6.76. The lowest BCUT2D eigenvalue weighted by atomic mass is 10.0. The van der Waals surface area contributed by atoms with Gasteiger partial charge in [-0.25, -0.2) is 0 Å². The number of ether oxygens (including phenoxy) is 3. The molecule has 0 saturated carbocycles. The largest absolute Gasteiger partial charge is 0.466 e. The van der Waals surface area contributed by atoms with E-state index in [0.29, 0.717) is 25.9 Å². The van der Waals surface area contributed by atoms with Crippen LogP contribution in [0.1, 0.15) is 136 Å². The molecular formula is C28H52O6. The van der Waals surface area contributed by atoms with E-state index < -0.39 is 5.60 Å². The molecule has 1 aliphatic heterocycles. The van der Waals surface area contributed by atoms with Gasteiger partial charge in [0.2, 0.25) is 0 Å². The van der Waals surface area contributed by atoms with E-state index in [4.69, 9.17) is 14.2 Å². The molecule has 1 heterocycles. The number of rotatable bonds is 22. The van der Waals surface area contributed by atoms with Crippen molar-refractivity contribution in [2.45, 2.75) is 148 Å². The van der Waals surface area contributed by atoms with Gasteiger partial charge in [-0.3, -0.25) is 9.59 Å². The van der Waals surface area contributed by atoms with Crippen LogP contribution in [-0.4, -0.2) is 48.6 Å². The van der Waals surface area contributed by atoms with Gasteiger partial charge in [0.05, 0.1) is 25.7 Å². The summed E-state index contributed by atoms with van der Waals surface area (Å²) in [5.74, 6) is -0.506. The average molecular weight is 485 g/mol. The predicted molar refractivity (Wildman–Crippen MR) is 136 cm³/mol. The molecule has 34 heavy (non-hydrogen) atoms. The highest BCUT2D eigenvalue weighted by Crippen LogP contribution is 2.32. The molecule has 1 saturated heterocycles. The van der Waals surface area contributed by atoms with Crippen LogP contribution in [0.4, 0.5) is 0 Å². The number of carbonyl (C=O) groups is 2. The van der Waals surface area contributed by atoms with E-state index in [1.165, 1.54) is 64.2 Å². The van der Waals surface area contributed by atoms with Crippen LogP contribution >= 0.6 is 0 Å². The van der Waals surface area contributed by atoms with Crippen molar-refractivity contribution in [3.05, 3.63) is 0 Å². The van der Waals surface area contributed by atoms with Crippen LogP contribution in [0.2, 0.25) is 0 Å². The first-order chi connectivity index (χ1) is 16.5. The first-order valence-electron chi connectivity index (χ1n) is 14.1. The summed E-state index contributed by atoms with van der Waals surface area (Å²) in [7, 11) is 0. The molecule has 2 atom stereocenters. The molecule has 1 aliphatic rings. The normalized spacial score (nSPS) is 19.9. The summed E-state index contributed by atoms with van der Waals surface area (Å²) in [5, 5.41) is 9.80. The van der Waals surface area contributed by atoms with Crippen molar-refractivity contribution in [1.82, 2.24) is 0 Å². The quantitative estimate of drug-likeness (QED) is 0.137. The first-order valence-corrected chi connectivity index (χ1v) is 14.1. The maximum atomic E-state index is 12.2. The highest BCUT2D eigenvalue weighted by atomic mass is 16.6. The van der Waals surface area contributed by atoms with Crippen molar-refractivity contribution in [2.24, 2.45) is 0 Å². The Morgan fingerprint density at radius 2 is 1.35 bits per heavy atom. The Bertz CT molecular complexity index is 523. The van der Waals surface area contributed by atoms with Crippen LogP contribution in [0.5, 0.6) is 0 Å². The van der Waals surface area contributed by atoms with Gasteiger partial charge in [0, 0.05) is 6.42 Å². The second kappa shape index (κ2) is 20.1. The van der Waals surface area contributed by atoms with Gasteiger partial charge in [-0.05, 0) is 25.7 Å². The molecule has 0 aromatic rings. The van der Waals surface area contributed by atoms with E-state index in [-0.39, 0.29) is 37.7 Å². The molecule has 1 rings (SSSR count). The van der Waals surface area contributed by atoms with Crippen molar-refractivity contribution in [1.29, 1.82) is 0 Å². The van der Waals surface area contributed by atoms with Gasteiger partial charge in [0.1, 0.15) is 12.2 Å². The number of aliphatic hydroxyl groups excluding tert-OH is 1. The number of hydrogen-bond acceptors (Lipinski definition) is 6. The molecule has 200 valence electrons. The van der Waals surface area contributed by atoms with E-state index in [2.05, 4.69) is 13.8 Å². The average Bonchev–Trinajstić information content (AvgIpc) is 3.24. The van der Waals surface area contributed by atoms with E-state index >= 15 is 0 Å². The molecule has 1 fully saturated rings. The Morgan fingerprint density at radius 3 is 1.94 bits per heavy atom. The molecule has 0 aliphatic carbocycles. The summed E-state index contributed by atoms with van der Waals surface area (Å²) >= 11 is 0. The molecule has 0 unspecified atom stereocenters. The van der Waals surface area contributed by atoms with Crippen molar-refractivity contribution in [3.8, 4) is 0 Å². The van der Waals surface area contributed by atoms with E-state index in [1.807, 2.05) is 0 Å². The van der Waals surface area contributed by atoms with Crippen LogP contribution in [0, 0.1) is 0 Å². The first kappa shape index (κ1) is 30.9. The number of aliphatic hydroxyl groups is 1. The van der Waals surface area contributed by atoms with Gasteiger partial charge in [0.25, 0.3) is 0 Å². The van der Waals surface area contributed by atoms with E-state index in [1.54, 1.807) is 0 Å². The number of carbonyl (C=O) groups excluding carboxylic acids is 2. The fourth-order valence-electron chi connectivity index (χ4n) is 4.48. The maximum absolute atomic E-state index is 12.2. The third-order valence-corrected chi connectivity index (χ3v) is 6.76. The Hall–Kier alpha value is -1.14. The lowest BCUT2D eigenvalue weighted by molar-refractivity contribution is -0.163. The molecule has 6 nitrogen and oxygen atoms in total. The molecule has 1 N–H and O–H groups in total. The standard InChI is InChI=1S/C28H52O6/c1-3-5-7-8-9-10-11-12-13-14-15-17-21-32-27(31)22-25-19-20-28(23-29,34-25)24-33-26(30)18-16-6-4-2/h25,29H,3-24H2,1-2H3/t25-,28-/m1/s1. The molecule has 6 heteroatoms. The lowest BCUT2D eigenvalue weighted by Gasteiger charge is -2.26. The van der Waals surface area contributed by atoms with Crippen molar-refractivity contribution in [3.63, 3.8) is 0 Å². The fourth-order valence-corrected chi connectivity index (χ4v) is 4.48. The molecule has 0 spiro atoms. The summed E-state index contributed by atoms with van der Waals surface area (Å²) in [4.78, 5) is 24.0. The fraction of sp³-hybridized carbons (Fsp3) is 0.929. The molecule has 0 aromatic heterocycles.